The van der Waals surface area contributed by atoms with Crippen LogP contribution in [0.2, 0.25) is 0 Å². The Morgan fingerprint density at radius 2 is 1.87 bits per heavy atom. The lowest BCUT2D eigenvalue weighted by Gasteiger charge is -2.09. The molecule has 0 unspecified atom stereocenters. The predicted octanol–water partition coefficient (Wildman–Crippen LogP) is 4.24. The number of carbonyl (C=O) groups is 1. The Balaban J connectivity index is 1.67. The zero-order valence-electron chi connectivity index (χ0n) is 16.1. The third-order valence-corrected chi connectivity index (χ3v) is 4.96. The van der Waals surface area contributed by atoms with Crippen molar-refractivity contribution in [2.75, 3.05) is 14.2 Å². The van der Waals surface area contributed by atoms with Crippen LogP contribution in [0.1, 0.15) is 15.9 Å². The van der Waals surface area contributed by atoms with E-state index < -0.39 is 11.8 Å². The number of hydrogen-bond acceptors (Lipinski definition) is 6. The molecule has 0 radical (unpaired) electrons. The maximum Gasteiger partial charge on any atom is 0.340 e. The number of benzene rings is 2. The molecular formula is C21H16BrFN4O3. The standard InChI is InChI=1S/C21H16BrFN4O3/c1-29-17-5-13(4-16(23)7-17)20-24-8-12(9-25-20)11-27-19-14(10-26-27)3-15(22)6-18(19)21(28)30-2/h3-10H,11H2,1-2H3. The fourth-order valence-corrected chi connectivity index (χ4v) is 3.63. The highest BCUT2D eigenvalue weighted by molar-refractivity contribution is 9.10. The Morgan fingerprint density at radius 1 is 1.10 bits per heavy atom. The van der Waals surface area contributed by atoms with Gasteiger partial charge in [0.1, 0.15) is 11.6 Å². The molecule has 0 aliphatic carbocycles. The smallest absolute Gasteiger partial charge is 0.340 e. The number of ether oxygens (including phenoxy) is 2. The summed E-state index contributed by atoms with van der Waals surface area (Å²) in [5, 5.41) is 5.19. The van der Waals surface area contributed by atoms with Crippen molar-refractivity contribution in [3.05, 3.63) is 70.3 Å². The summed E-state index contributed by atoms with van der Waals surface area (Å²) in [4.78, 5) is 20.9. The van der Waals surface area contributed by atoms with Crippen LogP contribution in [0, 0.1) is 5.82 Å². The zero-order chi connectivity index (χ0) is 21.3. The van der Waals surface area contributed by atoms with Gasteiger partial charge in [0.2, 0.25) is 0 Å². The molecule has 0 aliphatic heterocycles. The molecule has 4 aromatic rings. The fraction of sp³-hybridized carbons (Fsp3) is 0.143. The van der Waals surface area contributed by atoms with Gasteiger partial charge in [0, 0.05) is 39.4 Å². The minimum Gasteiger partial charge on any atom is -0.497 e. The van der Waals surface area contributed by atoms with Crippen molar-refractivity contribution in [2.45, 2.75) is 6.54 Å². The Hall–Kier alpha value is -3.33. The average molecular weight is 471 g/mol. The Bertz CT molecular complexity index is 1240. The Morgan fingerprint density at radius 3 is 2.57 bits per heavy atom. The molecule has 0 bridgehead atoms. The summed E-state index contributed by atoms with van der Waals surface area (Å²) in [5.74, 6) is -0.112. The highest BCUT2D eigenvalue weighted by Crippen LogP contribution is 2.26. The molecule has 152 valence electrons. The molecule has 7 nitrogen and oxygen atoms in total. The normalized spacial score (nSPS) is 10.9. The van der Waals surface area contributed by atoms with Crippen molar-refractivity contribution < 1.29 is 18.7 Å². The average Bonchev–Trinajstić information content (AvgIpc) is 3.14. The minimum absolute atomic E-state index is 0.349. The maximum atomic E-state index is 13.8. The van der Waals surface area contributed by atoms with Crippen LogP contribution in [-0.2, 0) is 11.3 Å². The molecule has 0 N–H and O–H groups in total. The topological polar surface area (TPSA) is 79.1 Å². The van der Waals surface area contributed by atoms with E-state index in [1.54, 1.807) is 35.4 Å². The number of fused-ring (bicyclic) bond motifs is 1. The van der Waals surface area contributed by atoms with Crippen LogP contribution in [0.4, 0.5) is 4.39 Å². The van der Waals surface area contributed by atoms with Gasteiger partial charge in [-0.25, -0.2) is 19.2 Å². The number of aromatic nitrogens is 4. The van der Waals surface area contributed by atoms with Crippen LogP contribution in [0.15, 0.2) is 53.4 Å². The molecule has 2 heterocycles. The number of halogens is 2. The van der Waals surface area contributed by atoms with Crippen LogP contribution in [0.5, 0.6) is 5.75 Å². The molecule has 0 spiro atoms. The third-order valence-electron chi connectivity index (χ3n) is 4.51. The first-order valence-electron chi connectivity index (χ1n) is 8.87. The van der Waals surface area contributed by atoms with E-state index in [9.17, 15) is 9.18 Å². The molecular weight excluding hydrogens is 455 g/mol. The quantitative estimate of drug-likeness (QED) is 0.406. The molecule has 4 rings (SSSR count). The summed E-state index contributed by atoms with van der Waals surface area (Å²) in [7, 11) is 2.81. The predicted molar refractivity (Wildman–Crippen MR) is 112 cm³/mol. The number of rotatable bonds is 5. The van der Waals surface area contributed by atoms with E-state index in [-0.39, 0.29) is 0 Å². The summed E-state index contributed by atoms with van der Waals surface area (Å²) >= 11 is 3.40. The molecule has 2 aromatic carbocycles. The van der Waals surface area contributed by atoms with Crippen molar-refractivity contribution in [3.8, 4) is 17.1 Å². The zero-order valence-corrected chi connectivity index (χ0v) is 17.7. The van der Waals surface area contributed by atoms with Gasteiger partial charge in [-0.05, 0) is 24.3 Å². The molecule has 0 saturated heterocycles. The van der Waals surface area contributed by atoms with Crippen molar-refractivity contribution in [1.82, 2.24) is 19.7 Å². The lowest BCUT2D eigenvalue weighted by molar-refractivity contribution is 0.0602. The summed E-state index contributed by atoms with van der Waals surface area (Å²) in [6.07, 6.45) is 4.97. The minimum atomic E-state index is -0.449. The van der Waals surface area contributed by atoms with E-state index in [0.29, 0.717) is 34.8 Å². The lowest BCUT2D eigenvalue weighted by Crippen LogP contribution is -2.08. The van der Waals surface area contributed by atoms with E-state index in [1.807, 2.05) is 6.07 Å². The number of esters is 1. The van der Waals surface area contributed by atoms with Gasteiger partial charge in [0.25, 0.3) is 0 Å². The summed E-state index contributed by atoms with van der Waals surface area (Å²) < 4.78 is 26.2. The van der Waals surface area contributed by atoms with Crippen molar-refractivity contribution in [1.29, 1.82) is 0 Å². The molecule has 9 heteroatoms. The van der Waals surface area contributed by atoms with E-state index >= 15 is 0 Å². The van der Waals surface area contributed by atoms with Gasteiger partial charge in [-0.15, -0.1) is 0 Å². The first-order valence-corrected chi connectivity index (χ1v) is 9.67. The van der Waals surface area contributed by atoms with Crippen molar-refractivity contribution in [2.24, 2.45) is 0 Å². The maximum absolute atomic E-state index is 13.8. The largest absolute Gasteiger partial charge is 0.497 e. The third kappa shape index (κ3) is 3.88. The van der Waals surface area contributed by atoms with Gasteiger partial charge >= 0.3 is 5.97 Å². The summed E-state index contributed by atoms with van der Waals surface area (Å²) in [6, 6.07) is 7.88. The van der Waals surface area contributed by atoms with Crippen LogP contribution >= 0.6 is 15.9 Å². The second-order valence-electron chi connectivity index (χ2n) is 6.48. The molecule has 0 aliphatic rings. The van der Waals surface area contributed by atoms with E-state index in [0.717, 1.165) is 15.4 Å². The summed E-state index contributed by atoms with van der Waals surface area (Å²) in [6.45, 7) is 0.349. The number of methoxy groups -OCH3 is 2. The first-order chi connectivity index (χ1) is 14.5. The van der Waals surface area contributed by atoms with Gasteiger partial charge in [-0.3, -0.25) is 4.68 Å². The SMILES string of the molecule is COC(=O)c1cc(Br)cc2cnn(Cc3cnc(-c4cc(F)cc(OC)c4)nc3)c12. The van der Waals surface area contributed by atoms with E-state index in [2.05, 4.69) is 31.0 Å². The van der Waals surface area contributed by atoms with Gasteiger partial charge in [-0.1, -0.05) is 15.9 Å². The first kappa shape index (κ1) is 20.0. The van der Waals surface area contributed by atoms with Gasteiger partial charge in [0.15, 0.2) is 5.82 Å². The highest BCUT2D eigenvalue weighted by atomic mass is 79.9. The molecule has 0 fully saturated rings. The number of nitrogens with zero attached hydrogens (tertiary/aromatic N) is 4. The van der Waals surface area contributed by atoms with Crippen molar-refractivity contribution in [3.63, 3.8) is 0 Å². The second-order valence-corrected chi connectivity index (χ2v) is 7.40. The molecule has 0 amide bonds. The van der Waals surface area contributed by atoms with Gasteiger partial charge < -0.3 is 9.47 Å². The van der Waals surface area contributed by atoms with Crippen LogP contribution < -0.4 is 4.74 Å². The van der Waals surface area contributed by atoms with Crippen LogP contribution in [-0.4, -0.2) is 39.9 Å². The molecule has 0 atom stereocenters. The monoisotopic (exact) mass is 470 g/mol. The Labute approximate surface area is 179 Å². The lowest BCUT2D eigenvalue weighted by atomic mass is 10.1. The molecule has 2 aromatic heterocycles. The highest BCUT2D eigenvalue weighted by Gasteiger charge is 2.17. The van der Waals surface area contributed by atoms with E-state index in [1.165, 1.54) is 26.4 Å². The fourth-order valence-electron chi connectivity index (χ4n) is 3.15. The second kappa shape index (κ2) is 8.19. The molecule has 30 heavy (non-hydrogen) atoms. The van der Waals surface area contributed by atoms with Gasteiger partial charge in [-0.2, -0.15) is 5.10 Å². The van der Waals surface area contributed by atoms with Crippen LogP contribution in [0.25, 0.3) is 22.3 Å². The van der Waals surface area contributed by atoms with E-state index in [4.69, 9.17) is 9.47 Å². The van der Waals surface area contributed by atoms with Crippen molar-refractivity contribution >= 4 is 32.8 Å². The van der Waals surface area contributed by atoms with Gasteiger partial charge in [0.05, 0.1) is 38.0 Å². The number of carbonyl (C=O) groups excluding carboxylic acids is 1. The van der Waals surface area contributed by atoms with Crippen LogP contribution in [0.3, 0.4) is 0 Å². The molecule has 0 saturated carbocycles. The summed E-state index contributed by atoms with van der Waals surface area (Å²) in [5.41, 5.74) is 2.35. The Kier molecular flexibility index (Phi) is 5.45. The number of hydrogen-bond donors (Lipinski definition) is 0.